The summed E-state index contributed by atoms with van der Waals surface area (Å²) in [5.74, 6) is -55.6. The van der Waals surface area contributed by atoms with E-state index in [1.54, 1.807) is 0 Å². The van der Waals surface area contributed by atoms with Crippen molar-refractivity contribution >= 4 is 25.8 Å². The van der Waals surface area contributed by atoms with Gasteiger partial charge in [0.2, 0.25) is 0 Å². The zero-order valence-electron chi connectivity index (χ0n) is 15.7. The predicted molar refractivity (Wildman–Crippen MR) is 79.2 cm³/mol. The molecule has 0 aromatic rings. The summed E-state index contributed by atoms with van der Waals surface area (Å²) in [6.45, 7) is 4.58. The Morgan fingerprint density at radius 1 is 0.469 bits per heavy atom. The van der Waals surface area contributed by atoms with E-state index in [1.807, 2.05) is 0 Å². The molecule has 0 aromatic heterocycles. The molecule has 0 atom stereocenters. The maximum atomic E-state index is 13.6. The van der Waals surface area contributed by atoms with Crippen molar-refractivity contribution in [1.29, 1.82) is 0 Å². The molecule has 0 rings (SSSR count). The van der Waals surface area contributed by atoms with Crippen LogP contribution in [0.5, 0.6) is 0 Å². The van der Waals surface area contributed by atoms with E-state index in [-0.39, 0.29) is 0 Å². The minimum absolute atomic E-state index is 0.913. The van der Waals surface area contributed by atoms with Crippen molar-refractivity contribution in [3.8, 4) is 0 Å². The van der Waals surface area contributed by atoms with Crippen LogP contribution < -0.4 is 0 Å². The van der Waals surface area contributed by atoms with Crippen LogP contribution in [0.25, 0.3) is 0 Å². The molecule has 0 N–H and O–H groups in total. The summed E-state index contributed by atoms with van der Waals surface area (Å²) in [6, 6.07) is 0. The van der Waals surface area contributed by atoms with Gasteiger partial charge in [0.15, 0.2) is 0 Å². The molecule has 0 saturated carbocycles. The number of hydrogen-bond donors (Lipinski definition) is 0. The Bertz CT molecular complexity index is 660. The van der Waals surface area contributed by atoms with E-state index >= 15 is 0 Å². The third-order valence-electron chi connectivity index (χ3n) is 3.74. The Labute approximate surface area is 179 Å². The second kappa shape index (κ2) is 8.49. The average Bonchev–Trinajstić information content (AvgIpc) is 2.50. The monoisotopic (exact) mass is 650 g/mol. The van der Waals surface area contributed by atoms with Crippen LogP contribution in [0.2, 0.25) is 24.1 Å². The average molecular weight is 648 g/mol. The predicted octanol–water partition coefficient (Wildman–Crippen LogP) is 7.34. The zero-order valence-corrected chi connectivity index (χ0v) is 19.1. The molecule has 0 amide bonds. The van der Waals surface area contributed by atoms with Crippen LogP contribution in [0.3, 0.4) is 0 Å². The summed E-state index contributed by atoms with van der Waals surface area (Å²) in [5, 5.41) is 0. The molecular weight excluding hydrogens is 635 g/mol. The van der Waals surface area contributed by atoms with Crippen LogP contribution in [0.15, 0.2) is 0 Å². The van der Waals surface area contributed by atoms with Crippen molar-refractivity contribution in [1.82, 2.24) is 0 Å². The quantitative estimate of drug-likeness (QED) is 0.172. The van der Waals surface area contributed by atoms with Gasteiger partial charge in [-0.3, -0.25) is 0 Å². The summed E-state index contributed by atoms with van der Waals surface area (Å²) in [7, 11) is 0. The Hall–Kier alpha value is -0.184. The van der Waals surface area contributed by atoms with Gasteiger partial charge < -0.3 is 0 Å². The first-order valence-corrected chi connectivity index (χ1v) is 16.4. The van der Waals surface area contributed by atoms with Crippen molar-refractivity contribution in [2.75, 3.05) is 0 Å². The molecule has 0 spiro atoms. The van der Waals surface area contributed by atoms with Gasteiger partial charge >= 0.3 is 179 Å². The van der Waals surface area contributed by atoms with Gasteiger partial charge in [-0.2, -0.15) is 0 Å². The van der Waals surface area contributed by atoms with Gasteiger partial charge in [-0.1, -0.05) is 0 Å². The number of halogens is 17. The van der Waals surface area contributed by atoms with Gasteiger partial charge in [-0.05, 0) is 0 Å². The van der Waals surface area contributed by atoms with Gasteiger partial charge in [0, 0.05) is 0 Å². The summed E-state index contributed by atoms with van der Waals surface area (Å²) in [4.78, 5) is 0. The first kappa shape index (κ1) is 31.8. The standard InChI is InChI=1S/C13H13F17SiTe/c1-31(2,3)32-5-4-6(14,15)7(16,17)8(18,19)9(20,21)10(22,23)11(24,25)12(26,27)13(28,29)30/h4-5H2,1-3H3. The molecule has 0 fully saturated rings. The van der Waals surface area contributed by atoms with Gasteiger partial charge in [-0.25, -0.2) is 0 Å². The molecule has 0 aromatic carbocycles. The molecule has 0 radical (unpaired) electrons. The first-order valence-electron chi connectivity index (χ1n) is 7.81. The van der Waals surface area contributed by atoms with E-state index < -0.39 is 84.3 Å². The first-order chi connectivity index (χ1) is 13.5. The van der Waals surface area contributed by atoms with Crippen LogP contribution >= 0.6 is 0 Å². The second-order valence-corrected chi connectivity index (χ2v) is 26.0. The Balaban J connectivity index is 6.41. The van der Waals surface area contributed by atoms with E-state index in [1.165, 1.54) is 19.6 Å². The fourth-order valence-electron chi connectivity index (χ4n) is 1.84. The van der Waals surface area contributed by atoms with Gasteiger partial charge in [0.1, 0.15) is 0 Å². The maximum absolute atomic E-state index is 13.6. The number of alkyl halides is 17. The van der Waals surface area contributed by atoms with Crippen LogP contribution in [0.1, 0.15) is 6.42 Å². The van der Waals surface area contributed by atoms with E-state index in [9.17, 15) is 74.6 Å². The summed E-state index contributed by atoms with van der Waals surface area (Å²) in [5.41, 5.74) is -2.19. The number of rotatable bonds is 10. The third kappa shape index (κ3) is 4.94. The Morgan fingerprint density at radius 3 is 1.03 bits per heavy atom. The summed E-state index contributed by atoms with van der Waals surface area (Å²) >= 11 is -1.56. The number of hydrogen-bond acceptors (Lipinski definition) is 0. The molecule has 0 unspecified atom stereocenters. The fourth-order valence-corrected chi connectivity index (χ4v) is 9.40. The fraction of sp³-hybridized carbons (Fsp3) is 1.00. The van der Waals surface area contributed by atoms with Crippen molar-refractivity contribution in [3.63, 3.8) is 0 Å². The molecule has 0 heterocycles. The topological polar surface area (TPSA) is 0 Å². The summed E-state index contributed by atoms with van der Waals surface area (Å²) < 4.78 is 221. The van der Waals surface area contributed by atoms with E-state index in [0.717, 1.165) is 0 Å². The molecule has 0 aliphatic rings. The van der Waals surface area contributed by atoms with Crippen molar-refractivity contribution in [3.05, 3.63) is 0 Å². The minimum atomic E-state index is -8.56. The Kier molecular flexibility index (Phi) is 8.44. The van der Waals surface area contributed by atoms with Crippen molar-refractivity contribution < 1.29 is 74.6 Å². The van der Waals surface area contributed by atoms with Gasteiger partial charge in [-0.15, -0.1) is 0 Å². The van der Waals surface area contributed by atoms with Crippen molar-refractivity contribution in [2.45, 2.75) is 78.2 Å². The van der Waals surface area contributed by atoms with Gasteiger partial charge in [0.05, 0.1) is 0 Å². The van der Waals surface area contributed by atoms with Crippen molar-refractivity contribution in [2.24, 2.45) is 0 Å². The Morgan fingerprint density at radius 2 is 0.750 bits per heavy atom. The second-order valence-electron chi connectivity index (χ2n) is 7.36. The van der Waals surface area contributed by atoms with Crippen LogP contribution in [0.4, 0.5) is 74.6 Å². The normalized spacial score (nSPS) is 16.5. The molecule has 0 bridgehead atoms. The molecule has 0 saturated heterocycles. The molecular formula is C13H13F17SiTe. The van der Waals surface area contributed by atoms with Crippen LogP contribution in [-0.4, -0.2) is 73.4 Å². The molecule has 32 heavy (non-hydrogen) atoms. The van der Waals surface area contributed by atoms with Crippen LogP contribution in [0, 0.1) is 0 Å². The SMILES string of the molecule is C[Si](C)(C)[Te]CCC(F)(F)C(F)(F)C(F)(F)C(F)(F)C(F)(F)C(F)(F)C(F)(F)C(F)(F)F. The summed E-state index contributed by atoms with van der Waals surface area (Å²) in [6.07, 6.45) is -10.0. The zero-order chi connectivity index (χ0) is 26.6. The third-order valence-corrected chi connectivity index (χ3v) is 14.6. The molecule has 0 aliphatic heterocycles. The molecule has 194 valence electrons. The van der Waals surface area contributed by atoms with E-state index in [4.69, 9.17) is 0 Å². The van der Waals surface area contributed by atoms with E-state index in [0.29, 0.717) is 0 Å². The van der Waals surface area contributed by atoms with Crippen LogP contribution in [-0.2, 0) is 0 Å². The molecule has 0 nitrogen and oxygen atoms in total. The molecule has 19 heteroatoms. The molecule has 0 aliphatic carbocycles. The van der Waals surface area contributed by atoms with Gasteiger partial charge in [0.25, 0.3) is 0 Å². The van der Waals surface area contributed by atoms with E-state index in [2.05, 4.69) is 0 Å².